The van der Waals surface area contributed by atoms with Crippen molar-refractivity contribution in [3.8, 4) is 6.07 Å². The Labute approximate surface area is 80.3 Å². The van der Waals surface area contributed by atoms with Gasteiger partial charge in [-0.25, -0.2) is 0 Å². The third-order valence-electron chi connectivity index (χ3n) is 2.01. The van der Waals surface area contributed by atoms with Crippen LogP contribution in [-0.2, 0) is 4.79 Å². The minimum Gasteiger partial charge on any atom is -0.298 e. The van der Waals surface area contributed by atoms with Gasteiger partial charge in [-0.2, -0.15) is 5.26 Å². The zero-order chi connectivity index (χ0) is 10.3. The third kappa shape index (κ3) is 5.37. The van der Waals surface area contributed by atoms with Gasteiger partial charge in [0.25, 0.3) is 0 Å². The molecule has 0 aliphatic carbocycles. The van der Waals surface area contributed by atoms with Crippen molar-refractivity contribution in [2.75, 3.05) is 13.1 Å². The Morgan fingerprint density at radius 3 is 2.54 bits per heavy atom. The van der Waals surface area contributed by atoms with Gasteiger partial charge in [-0.1, -0.05) is 6.92 Å². The summed E-state index contributed by atoms with van der Waals surface area (Å²) in [5.74, 6) is 0.242. The first-order chi connectivity index (χ1) is 6.11. The normalized spacial score (nSPS) is 10.5. The summed E-state index contributed by atoms with van der Waals surface area (Å²) in [5.41, 5.74) is 0. The molecule has 0 N–H and O–H groups in total. The molecular formula is C10H18N2O. The quantitative estimate of drug-likeness (QED) is 0.626. The van der Waals surface area contributed by atoms with Gasteiger partial charge < -0.3 is 0 Å². The molecule has 74 valence electrons. The summed E-state index contributed by atoms with van der Waals surface area (Å²) in [5, 5.41) is 8.43. The van der Waals surface area contributed by atoms with Crippen LogP contribution in [0.2, 0.25) is 0 Å². The molecule has 0 aliphatic heterocycles. The second kappa shape index (κ2) is 6.62. The molecule has 3 nitrogen and oxygen atoms in total. The van der Waals surface area contributed by atoms with Gasteiger partial charge in [0, 0.05) is 25.4 Å². The summed E-state index contributed by atoms with van der Waals surface area (Å²) in [6.07, 6.45) is 1.07. The summed E-state index contributed by atoms with van der Waals surface area (Å²) in [4.78, 5) is 13.2. The first-order valence-electron chi connectivity index (χ1n) is 4.74. The van der Waals surface area contributed by atoms with E-state index < -0.39 is 0 Å². The molecule has 13 heavy (non-hydrogen) atoms. The van der Waals surface area contributed by atoms with Crippen LogP contribution in [0.25, 0.3) is 0 Å². The molecule has 0 fully saturated rings. The molecule has 0 aliphatic rings. The van der Waals surface area contributed by atoms with E-state index in [4.69, 9.17) is 5.26 Å². The van der Waals surface area contributed by atoms with E-state index in [0.717, 1.165) is 0 Å². The predicted octanol–water partition coefficient (Wildman–Crippen LogP) is 1.59. The van der Waals surface area contributed by atoms with E-state index in [1.807, 2.05) is 25.7 Å². The van der Waals surface area contributed by atoms with Crippen molar-refractivity contribution in [1.29, 1.82) is 5.26 Å². The highest BCUT2D eigenvalue weighted by molar-refractivity contribution is 5.80. The number of Topliss-reactive ketones (excluding diaryl/α,β-unsaturated/α-hetero) is 1. The van der Waals surface area contributed by atoms with Crippen LogP contribution in [0, 0.1) is 11.3 Å². The number of hydrogen-bond donors (Lipinski definition) is 0. The minimum absolute atomic E-state index is 0.242. The van der Waals surface area contributed by atoms with Crippen LogP contribution in [-0.4, -0.2) is 29.8 Å². The molecule has 0 unspecified atom stereocenters. The lowest BCUT2D eigenvalue weighted by atomic mass is 10.2. The Balaban J connectivity index is 3.95. The van der Waals surface area contributed by atoms with E-state index in [2.05, 4.69) is 6.07 Å². The van der Waals surface area contributed by atoms with E-state index in [1.165, 1.54) is 0 Å². The van der Waals surface area contributed by atoms with E-state index in [1.54, 1.807) is 0 Å². The average molecular weight is 182 g/mol. The Bertz CT molecular complexity index is 194. The number of hydrogen-bond acceptors (Lipinski definition) is 3. The van der Waals surface area contributed by atoms with Crippen LogP contribution in [0.4, 0.5) is 0 Å². The minimum atomic E-state index is 0.242. The van der Waals surface area contributed by atoms with E-state index >= 15 is 0 Å². The van der Waals surface area contributed by atoms with Crippen molar-refractivity contribution < 1.29 is 4.79 Å². The number of carbonyl (C=O) groups is 1. The molecule has 0 amide bonds. The third-order valence-corrected chi connectivity index (χ3v) is 2.01. The van der Waals surface area contributed by atoms with Gasteiger partial charge in [0.1, 0.15) is 5.78 Å². The summed E-state index contributed by atoms with van der Waals surface area (Å²) in [6.45, 7) is 7.13. The number of carbonyl (C=O) groups excluding carboxylic acids is 1. The number of rotatable bonds is 6. The lowest BCUT2D eigenvalue weighted by molar-refractivity contribution is -0.120. The Morgan fingerprint density at radius 1 is 1.54 bits per heavy atom. The fourth-order valence-electron chi connectivity index (χ4n) is 1.05. The molecule has 0 heterocycles. The monoisotopic (exact) mass is 182 g/mol. The topological polar surface area (TPSA) is 44.1 Å². The van der Waals surface area contributed by atoms with Gasteiger partial charge in [0.05, 0.1) is 12.6 Å². The fourth-order valence-corrected chi connectivity index (χ4v) is 1.05. The molecule has 0 aromatic rings. The number of nitriles is 1. The zero-order valence-corrected chi connectivity index (χ0v) is 8.71. The summed E-state index contributed by atoms with van der Waals surface area (Å²) >= 11 is 0. The zero-order valence-electron chi connectivity index (χ0n) is 8.71. The predicted molar refractivity (Wildman–Crippen MR) is 52.2 cm³/mol. The second-order valence-electron chi connectivity index (χ2n) is 3.36. The van der Waals surface area contributed by atoms with Crippen LogP contribution in [0.3, 0.4) is 0 Å². The first-order valence-corrected chi connectivity index (χ1v) is 4.74. The molecule has 0 saturated heterocycles. The van der Waals surface area contributed by atoms with Crippen molar-refractivity contribution in [1.82, 2.24) is 4.90 Å². The summed E-state index contributed by atoms with van der Waals surface area (Å²) in [7, 11) is 0. The lowest BCUT2D eigenvalue weighted by Crippen LogP contribution is -2.36. The highest BCUT2D eigenvalue weighted by atomic mass is 16.1. The van der Waals surface area contributed by atoms with Gasteiger partial charge in [0.2, 0.25) is 0 Å². The smallest absolute Gasteiger partial charge is 0.146 e. The maximum Gasteiger partial charge on any atom is 0.146 e. The molecule has 0 atom stereocenters. The first kappa shape index (κ1) is 12.1. The van der Waals surface area contributed by atoms with Gasteiger partial charge >= 0.3 is 0 Å². The van der Waals surface area contributed by atoms with Gasteiger partial charge in [-0.3, -0.25) is 9.69 Å². The average Bonchev–Trinajstić information content (AvgIpc) is 2.11. The SMILES string of the molecule is CCC(=O)CN(CCC#N)C(C)C. The van der Waals surface area contributed by atoms with E-state index in [9.17, 15) is 4.79 Å². The van der Waals surface area contributed by atoms with Crippen LogP contribution in [0.1, 0.15) is 33.6 Å². The fraction of sp³-hybridized carbons (Fsp3) is 0.800. The molecule has 0 rings (SSSR count). The van der Waals surface area contributed by atoms with Crippen LogP contribution < -0.4 is 0 Å². The lowest BCUT2D eigenvalue weighted by Gasteiger charge is -2.24. The highest BCUT2D eigenvalue weighted by Gasteiger charge is 2.11. The van der Waals surface area contributed by atoms with Gasteiger partial charge in [-0.05, 0) is 13.8 Å². The van der Waals surface area contributed by atoms with Crippen molar-refractivity contribution in [3.05, 3.63) is 0 Å². The maximum atomic E-state index is 11.2. The standard InChI is InChI=1S/C10H18N2O/c1-4-10(13)8-12(9(2)3)7-5-6-11/h9H,4-5,7-8H2,1-3H3. The van der Waals surface area contributed by atoms with Crippen LogP contribution in [0.5, 0.6) is 0 Å². The molecule has 0 radical (unpaired) electrons. The van der Waals surface area contributed by atoms with Crippen molar-refractivity contribution in [3.63, 3.8) is 0 Å². The number of nitrogens with zero attached hydrogens (tertiary/aromatic N) is 2. The highest BCUT2D eigenvalue weighted by Crippen LogP contribution is 2.00. The summed E-state index contributed by atoms with van der Waals surface area (Å²) < 4.78 is 0. The Kier molecular flexibility index (Phi) is 6.17. The molecule has 0 bridgehead atoms. The Hall–Kier alpha value is -0.880. The number of ketones is 1. The van der Waals surface area contributed by atoms with Crippen molar-refractivity contribution in [2.45, 2.75) is 39.7 Å². The van der Waals surface area contributed by atoms with E-state index in [0.29, 0.717) is 32.0 Å². The second-order valence-corrected chi connectivity index (χ2v) is 3.36. The molecule has 3 heteroatoms. The van der Waals surface area contributed by atoms with Crippen molar-refractivity contribution >= 4 is 5.78 Å². The maximum absolute atomic E-state index is 11.2. The van der Waals surface area contributed by atoms with Crippen LogP contribution >= 0.6 is 0 Å². The van der Waals surface area contributed by atoms with Gasteiger partial charge in [-0.15, -0.1) is 0 Å². The molecule has 0 aromatic carbocycles. The molecule has 0 spiro atoms. The largest absolute Gasteiger partial charge is 0.298 e. The van der Waals surface area contributed by atoms with E-state index in [-0.39, 0.29) is 5.78 Å². The van der Waals surface area contributed by atoms with Crippen LogP contribution in [0.15, 0.2) is 0 Å². The molecular weight excluding hydrogens is 164 g/mol. The Morgan fingerprint density at radius 2 is 2.15 bits per heavy atom. The van der Waals surface area contributed by atoms with Gasteiger partial charge in [0.15, 0.2) is 0 Å². The molecule has 0 saturated carbocycles. The molecule has 0 aromatic heterocycles. The summed E-state index contributed by atoms with van der Waals surface area (Å²) in [6, 6.07) is 2.43. The van der Waals surface area contributed by atoms with Crippen molar-refractivity contribution in [2.24, 2.45) is 0 Å².